The van der Waals surface area contributed by atoms with E-state index in [-0.39, 0.29) is 24.5 Å². The molecule has 0 radical (unpaired) electrons. The van der Waals surface area contributed by atoms with Gasteiger partial charge in [-0.2, -0.15) is 0 Å². The van der Waals surface area contributed by atoms with E-state index >= 15 is 4.39 Å². The second kappa shape index (κ2) is 6.02. The van der Waals surface area contributed by atoms with Crippen LogP contribution in [-0.4, -0.2) is 36.2 Å². The molecule has 1 aromatic carbocycles. The van der Waals surface area contributed by atoms with Crippen molar-refractivity contribution in [2.75, 3.05) is 20.2 Å². The van der Waals surface area contributed by atoms with Crippen LogP contribution in [0.25, 0.3) is 0 Å². The number of alkyl halides is 1. The third kappa shape index (κ3) is 3.06. The van der Waals surface area contributed by atoms with Crippen molar-refractivity contribution in [2.45, 2.75) is 25.4 Å². The number of likely N-dealkylation sites (tertiary alicyclic amines) is 1. The molecule has 0 N–H and O–H groups in total. The number of benzene rings is 1. The summed E-state index contributed by atoms with van der Waals surface area (Å²) in [6, 6.07) is 8.65. The van der Waals surface area contributed by atoms with Crippen LogP contribution in [0.4, 0.5) is 4.39 Å². The summed E-state index contributed by atoms with van der Waals surface area (Å²) in [5.41, 5.74) is -0.191. The van der Waals surface area contributed by atoms with Gasteiger partial charge in [0.15, 0.2) is 0 Å². The number of carbonyl (C=O) groups is 1. The van der Waals surface area contributed by atoms with E-state index in [2.05, 4.69) is 5.16 Å². The van der Waals surface area contributed by atoms with Gasteiger partial charge in [-0.25, -0.2) is 4.39 Å². The van der Waals surface area contributed by atoms with Gasteiger partial charge < -0.3 is 14.2 Å². The zero-order chi connectivity index (χ0) is 16.4. The molecule has 2 heterocycles. The molecular formula is C17H19FN2O3. The highest BCUT2D eigenvalue weighted by Crippen LogP contribution is 2.38. The molecule has 0 atom stereocenters. The molecule has 0 saturated carbocycles. The number of halogens is 1. The molecule has 1 fully saturated rings. The first-order chi connectivity index (χ1) is 11.0. The highest BCUT2D eigenvalue weighted by Gasteiger charge is 2.38. The standard InChI is InChI=1S/C17H19FN2O3/c1-12-10-15(23-19-12)16(21)20-8-6-17(18,7-9-20)13-4-3-5-14(11-13)22-2/h3-5,10-11H,6-9H2,1-2H3. The summed E-state index contributed by atoms with van der Waals surface area (Å²) in [6.07, 6.45) is 0.498. The Labute approximate surface area is 134 Å². The van der Waals surface area contributed by atoms with Gasteiger partial charge >= 0.3 is 0 Å². The minimum Gasteiger partial charge on any atom is -0.497 e. The SMILES string of the molecule is COc1cccc(C2(F)CCN(C(=O)c3cc(C)no3)CC2)c1. The van der Waals surface area contributed by atoms with Crippen molar-refractivity contribution >= 4 is 5.91 Å². The van der Waals surface area contributed by atoms with Crippen LogP contribution in [0.15, 0.2) is 34.9 Å². The molecule has 1 amide bonds. The maximum atomic E-state index is 15.2. The Balaban J connectivity index is 1.70. The average molecular weight is 318 g/mol. The van der Waals surface area contributed by atoms with Crippen molar-refractivity contribution in [1.82, 2.24) is 10.1 Å². The molecule has 1 aliphatic rings. The Morgan fingerprint density at radius 3 is 2.70 bits per heavy atom. The first-order valence-electron chi connectivity index (χ1n) is 7.58. The Kier molecular flexibility index (Phi) is 4.07. The highest BCUT2D eigenvalue weighted by atomic mass is 19.1. The van der Waals surface area contributed by atoms with Crippen molar-refractivity contribution in [1.29, 1.82) is 0 Å². The zero-order valence-electron chi connectivity index (χ0n) is 13.2. The number of methoxy groups -OCH3 is 1. The fourth-order valence-corrected chi connectivity index (χ4v) is 2.87. The van der Waals surface area contributed by atoms with Crippen LogP contribution < -0.4 is 4.74 Å². The summed E-state index contributed by atoms with van der Waals surface area (Å²) in [6.45, 7) is 2.43. The summed E-state index contributed by atoms with van der Waals surface area (Å²) in [5.74, 6) is 0.601. The van der Waals surface area contributed by atoms with Gasteiger partial charge in [0.2, 0.25) is 5.76 Å². The number of rotatable bonds is 3. The quantitative estimate of drug-likeness (QED) is 0.872. The lowest BCUT2D eigenvalue weighted by Gasteiger charge is -2.36. The smallest absolute Gasteiger partial charge is 0.292 e. The number of ether oxygens (including phenoxy) is 1. The summed E-state index contributed by atoms with van der Waals surface area (Å²) < 4.78 is 25.4. The maximum Gasteiger partial charge on any atom is 0.292 e. The largest absolute Gasteiger partial charge is 0.497 e. The fraction of sp³-hybridized carbons (Fsp3) is 0.412. The minimum absolute atomic E-state index is 0.204. The van der Waals surface area contributed by atoms with E-state index in [1.165, 1.54) is 0 Å². The van der Waals surface area contributed by atoms with Crippen LogP contribution in [-0.2, 0) is 5.67 Å². The van der Waals surface area contributed by atoms with Gasteiger partial charge in [0.25, 0.3) is 5.91 Å². The van der Waals surface area contributed by atoms with E-state index in [1.54, 1.807) is 49.3 Å². The fourth-order valence-electron chi connectivity index (χ4n) is 2.87. The van der Waals surface area contributed by atoms with Gasteiger partial charge in [0, 0.05) is 32.0 Å². The monoisotopic (exact) mass is 318 g/mol. The number of piperidine rings is 1. The number of nitrogens with zero attached hydrogens (tertiary/aromatic N) is 2. The molecule has 1 saturated heterocycles. The topological polar surface area (TPSA) is 55.6 Å². The molecule has 1 aromatic heterocycles. The van der Waals surface area contributed by atoms with Crippen molar-refractivity contribution in [3.8, 4) is 5.75 Å². The summed E-state index contributed by atoms with van der Waals surface area (Å²) in [7, 11) is 1.56. The highest BCUT2D eigenvalue weighted by molar-refractivity contribution is 5.91. The Morgan fingerprint density at radius 2 is 2.09 bits per heavy atom. The number of hydrogen-bond acceptors (Lipinski definition) is 4. The number of aryl methyl sites for hydroxylation is 1. The van der Waals surface area contributed by atoms with Crippen LogP contribution in [0.1, 0.15) is 34.7 Å². The number of hydrogen-bond donors (Lipinski definition) is 0. The van der Waals surface area contributed by atoms with E-state index in [0.29, 0.717) is 30.1 Å². The van der Waals surface area contributed by atoms with Gasteiger partial charge in [-0.1, -0.05) is 17.3 Å². The molecule has 1 aliphatic heterocycles. The van der Waals surface area contributed by atoms with Gasteiger partial charge in [-0.3, -0.25) is 4.79 Å². The molecule has 6 heteroatoms. The molecule has 2 aromatic rings. The maximum absolute atomic E-state index is 15.2. The number of carbonyl (C=O) groups excluding carboxylic acids is 1. The molecular weight excluding hydrogens is 299 g/mol. The third-order valence-corrected chi connectivity index (χ3v) is 4.27. The minimum atomic E-state index is -1.44. The molecule has 0 aliphatic carbocycles. The lowest BCUT2D eigenvalue weighted by atomic mass is 9.86. The first kappa shape index (κ1) is 15.5. The Morgan fingerprint density at radius 1 is 1.35 bits per heavy atom. The molecule has 23 heavy (non-hydrogen) atoms. The van der Waals surface area contributed by atoms with Crippen LogP contribution in [0.3, 0.4) is 0 Å². The van der Waals surface area contributed by atoms with Crippen molar-refractivity contribution in [3.63, 3.8) is 0 Å². The predicted octanol–water partition coefficient (Wildman–Crippen LogP) is 3.09. The summed E-state index contributed by atoms with van der Waals surface area (Å²) in [5, 5.41) is 3.72. The van der Waals surface area contributed by atoms with Crippen molar-refractivity contribution in [2.24, 2.45) is 0 Å². The molecule has 5 nitrogen and oxygen atoms in total. The molecule has 3 rings (SSSR count). The Hall–Kier alpha value is -2.37. The average Bonchev–Trinajstić information content (AvgIpc) is 3.01. The van der Waals surface area contributed by atoms with E-state index in [0.717, 1.165) is 0 Å². The molecule has 0 unspecified atom stereocenters. The summed E-state index contributed by atoms with van der Waals surface area (Å²) in [4.78, 5) is 13.9. The van der Waals surface area contributed by atoms with Crippen LogP contribution in [0.5, 0.6) is 5.75 Å². The van der Waals surface area contributed by atoms with Gasteiger partial charge in [-0.05, 0) is 24.6 Å². The second-order valence-electron chi connectivity index (χ2n) is 5.82. The van der Waals surface area contributed by atoms with Gasteiger partial charge in [0.1, 0.15) is 11.4 Å². The molecule has 0 spiro atoms. The van der Waals surface area contributed by atoms with Crippen LogP contribution >= 0.6 is 0 Å². The molecule has 122 valence electrons. The number of amides is 1. The van der Waals surface area contributed by atoms with Crippen LogP contribution in [0, 0.1) is 6.92 Å². The van der Waals surface area contributed by atoms with Crippen LogP contribution in [0.2, 0.25) is 0 Å². The van der Waals surface area contributed by atoms with E-state index in [1.807, 2.05) is 0 Å². The van der Waals surface area contributed by atoms with Crippen molar-refractivity contribution in [3.05, 3.63) is 47.3 Å². The predicted molar refractivity (Wildman–Crippen MR) is 82.2 cm³/mol. The van der Waals surface area contributed by atoms with Crippen molar-refractivity contribution < 1.29 is 18.4 Å². The lowest BCUT2D eigenvalue weighted by molar-refractivity contribution is 0.0391. The zero-order valence-corrected chi connectivity index (χ0v) is 13.2. The normalized spacial score (nSPS) is 17.1. The van der Waals surface area contributed by atoms with E-state index in [4.69, 9.17) is 9.26 Å². The lowest BCUT2D eigenvalue weighted by Crippen LogP contribution is -2.43. The number of aromatic nitrogens is 1. The summed E-state index contributed by atoms with van der Waals surface area (Å²) >= 11 is 0. The van der Waals surface area contributed by atoms with E-state index in [9.17, 15) is 4.79 Å². The molecule has 0 bridgehead atoms. The Bertz CT molecular complexity index is 705. The second-order valence-corrected chi connectivity index (χ2v) is 5.82. The van der Waals surface area contributed by atoms with Gasteiger partial charge in [0.05, 0.1) is 12.8 Å². The van der Waals surface area contributed by atoms with Gasteiger partial charge in [-0.15, -0.1) is 0 Å². The first-order valence-corrected chi connectivity index (χ1v) is 7.58. The third-order valence-electron chi connectivity index (χ3n) is 4.27. The van der Waals surface area contributed by atoms with E-state index < -0.39 is 5.67 Å².